The molecule has 1 aromatic rings. The molecule has 1 aromatic carbocycles. The first-order valence-electron chi connectivity index (χ1n) is 11.6. The van der Waals surface area contributed by atoms with Gasteiger partial charge in [0, 0.05) is 33.9 Å². The van der Waals surface area contributed by atoms with Crippen molar-refractivity contribution in [2.75, 3.05) is 12.3 Å². The summed E-state index contributed by atoms with van der Waals surface area (Å²) < 4.78 is 47.0. The number of carbonyl (C=O) groups is 1. The maximum Gasteiger partial charge on any atom is 0.410 e. The third kappa shape index (κ3) is 6.36. The molecule has 1 aliphatic carbocycles. The lowest BCUT2D eigenvalue weighted by molar-refractivity contribution is 0.0203. The lowest BCUT2D eigenvalue weighted by Crippen LogP contribution is -2.42. The summed E-state index contributed by atoms with van der Waals surface area (Å²) in [5.74, 6) is -0.290. The van der Waals surface area contributed by atoms with Crippen LogP contribution >= 0.6 is 15.9 Å². The van der Waals surface area contributed by atoms with Crippen LogP contribution in [0.4, 0.5) is 13.6 Å². The van der Waals surface area contributed by atoms with Crippen LogP contribution in [-0.4, -0.2) is 43.9 Å². The minimum absolute atomic E-state index is 0.00811. The van der Waals surface area contributed by atoms with Gasteiger partial charge >= 0.3 is 6.09 Å². The van der Waals surface area contributed by atoms with Crippen LogP contribution in [0.15, 0.2) is 16.6 Å². The SMILES string of the molecule is CC(C)(C)OC(=O)N1CC2(CC2)[C@H](CCC[S@](=O)C(C)(C)C)[C@@H]1Cc1cc(F)cc(Br)c1F. The highest BCUT2D eigenvalue weighted by atomic mass is 79.9. The zero-order valence-corrected chi connectivity index (χ0v) is 22.9. The molecule has 3 atom stereocenters. The average Bonchev–Trinajstić information content (AvgIpc) is 3.37. The van der Waals surface area contributed by atoms with Gasteiger partial charge in [-0.2, -0.15) is 0 Å². The molecule has 8 heteroatoms. The standard InChI is InChI=1S/C25H36BrF2NO3S/c1-23(2,3)32-22(30)29-15-25(9-10-25)18(8-7-11-33(31)24(4,5)6)20(29)13-16-12-17(27)14-19(26)21(16)28/h12,14,18,20H,7-11,13,15H2,1-6H3/t18-,20+,33+/m1/s1. The molecule has 2 aliphatic rings. The van der Waals surface area contributed by atoms with E-state index in [4.69, 9.17) is 4.74 Å². The van der Waals surface area contributed by atoms with Gasteiger partial charge in [-0.15, -0.1) is 0 Å². The Labute approximate surface area is 207 Å². The second-order valence-electron chi connectivity index (χ2n) is 11.5. The van der Waals surface area contributed by atoms with Crippen LogP contribution in [0, 0.1) is 23.0 Å². The number of rotatable bonds is 6. The number of hydrogen-bond donors (Lipinski definition) is 0. The van der Waals surface area contributed by atoms with Crippen molar-refractivity contribution in [3.8, 4) is 0 Å². The van der Waals surface area contributed by atoms with Crippen LogP contribution in [-0.2, 0) is 22.0 Å². The van der Waals surface area contributed by atoms with E-state index in [-0.39, 0.29) is 38.6 Å². The zero-order valence-electron chi connectivity index (χ0n) is 20.5. The summed E-state index contributed by atoms with van der Waals surface area (Å²) in [4.78, 5) is 14.9. The van der Waals surface area contributed by atoms with E-state index >= 15 is 0 Å². The Bertz CT molecular complexity index is 921. The molecule has 2 fully saturated rings. The summed E-state index contributed by atoms with van der Waals surface area (Å²) in [6, 6.07) is 2.03. The fourth-order valence-electron chi connectivity index (χ4n) is 4.88. The summed E-state index contributed by atoms with van der Waals surface area (Å²) in [5, 5.41) is 0. The van der Waals surface area contributed by atoms with Crippen molar-refractivity contribution < 1.29 is 22.5 Å². The summed E-state index contributed by atoms with van der Waals surface area (Å²) in [7, 11) is -0.953. The van der Waals surface area contributed by atoms with Gasteiger partial charge in [0.1, 0.15) is 17.2 Å². The predicted molar refractivity (Wildman–Crippen MR) is 132 cm³/mol. The number of hydrogen-bond acceptors (Lipinski definition) is 3. The predicted octanol–water partition coefficient (Wildman–Crippen LogP) is 6.61. The Hall–Kier alpha value is -1.02. The molecule has 1 aliphatic heterocycles. The van der Waals surface area contributed by atoms with Gasteiger partial charge in [-0.25, -0.2) is 13.6 Å². The van der Waals surface area contributed by atoms with Crippen molar-refractivity contribution in [1.29, 1.82) is 0 Å². The van der Waals surface area contributed by atoms with Crippen molar-refractivity contribution in [2.45, 2.75) is 90.0 Å². The van der Waals surface area contributed by atoms with Crippen LogP contribution in [0.5, 0.6) is 0 Å². The molecular weight excluding hydrogens is 512 g/mol. The normalized spacial score (nSPS) is 23.1. The third-order valence-corrected chi connectivity index (χ3v) is 9.28. The van der Waals surface area contributed by atoms with Crippen LogP contribution in [0.1, 0.15) is 72.8 Å². The van der Waals surface area contributed by atoms with E-state index in [9.17, 15) is 17.8 Å². The fourth-order valence-corrected chi connectivity index (χ4v) is 6.40. The van der Waals surface area contributed by atoms with Crippen LogP contribution in [0.25, 0.3) is 0 Å². The van der Waals surface area contributed by atoms with Crippen LogP contribution in [0.3, 0.4) is 0 Å². The average molecular weight is 549 g/mol. The number of halogens is 3. The molecule has 0 N–H and O–H groups in total. The monoisotopic (exact) mass is 547 g/mol. The summed E-state index contributed by atoms with van der Waals surface area (Å²) in [6.07, 6.45) is 3.39. The molecule has 1 saturated heterocycles. The minimum atomic E-state index is -0.953. The Kier molecular flexibility index (Phi) is 7.70. The Morgan fingerprint density at radius 1 is 1.21 bits per heavy atom. The quantitative estimate of drug-likeness (QED) is 0.376. The molecule has 0 unspecified atom stereocenters. The summed E-state index contributed by atoms with van der Waals surface area (Å²) in [5.41, 5.74) is -0.402. The van der Waals surface area contributed by atoms with Gasteiger partial charge in [-0.1, -0.05) is 0 Å². The lowest BCUT2D eigenvalue weighted by atomic mass is 9.82. The van der Waals surface area contributed by atoms with E-state index in [0.29, 0.717) is 12.3 Å². The fraction of sp³-hybridized carbons (Fsp3) is 0.720. The number of nitrogens with zero attached hydrogens (tertiary/aromatic N) is 1. The Balaban J connectivity index is 1.87. The van der Waals surface area contributed by atoms with E-state index in [0.717, 1.165) is 31.7 Å². The first kappa shape index (κ1) is 26.6. The molecule has 186 valence electrons. The van der Waals surface area contributed by atoms with Crippen molar-refractivity contribution in [3.05, 3.63) is 33.8 Å². The van der Waals surface area contributed by atoms with Gasteiger partial charge in [0.2, 0.25) is 0 Å². The van der Waals surface area contributed by atoms with E-state index < -0.39 is 34.1 Å². The lowest BCUT2D eigenvalue weighted by Gasteiger charge is -2.31. The van der Waals surface area contributed by atoms with Gasteiger partial charge in [-0.05, 0) is 119 Å². The van der Waals surface area contributed by atoms with Crippen LogP contribution < -0.4 is 0 Å². The van der Waals surface area contributed by atoms with Gasteiger partial charge in [0.25, 0.3) is 0 Å². The van der Waals surface area contributed by atoms with Crippen molar-refractivity contribution in [1.82, 2.24) is 4.90 Å². The van der Waals surface area contributed by atoms with E-state index in [1.807, 2.05) is 41.5 Å². The molecule has 1 amide bonds. The van der Waals surface area contributed by atoms with E-state index in [2.05, 4.69) is 15.9 Å². The molecule has 0 aromatic heterocycles. The smallest absolute Gasteiger partial charge is 0.410 e. The highest BCUT2D eigenvalue weighted by Gasteiger charge is 2.60. The largest absolute Gasteiger partial charge is 0.444 e. The maximum atomic E-state index is 14.9. The second kappa shape index (κ2) is 9.56. The first-order chi connectivity index (χ1) is 15.1. The third-order valence-electron chi connectivity index (χ3n) is 6.68. The molecule has 0 radical (unpaired) electrons. The maximum absolute atomic E-state index is 14.9. The Morgan fingerprint density at radius 2 is 1.85 bits per heavy atom. The summed E-state index contributed by atoms with van der Waals surface area (Å²) in [6.45, 7) is 12.0. The summed E-state index contributed by atoms with van der Waals surface area (Å²) >= 11 is 3.10. The van der Waals surface area contributed by atoms with Crippen molar-refractivity contribution >= 4 is 32.8 Å². The number of carbonyl (C=O) groups excluding carboxylic acids is 1. The van der Waals surface area contributed by atoms with Gasteiger partial charge in [0.05, 0.1) is 4.47 Å². The Morgan fingerprint density at radius 3 is 2.39 bits per heavy atom. The molecule has 4 nitrogen and oxygen atoms in total. The number of ether oxygens (including phenoxy) is 1. The molecule has 3 rings (SSSR count). The number of likely N-dealkylation sites (tertiary alicyclic amines) is 1. The van der Waals surface area contributed by atoms with Gasteiger partial charge < -0.3 is 9.64 Å². The van der Waals surface area contributed by atoms with Crippen LogP contribution in [0.2, 0.25) is 0 Å². The number of amides is 1. The highest BCUT2D eigenvalue weighted by Crippen LogP contribution is 2.60. The van der Waals surface area contributed by atoms with Gasteiger partial charge in [0.15, 0.2) is 0 Å². The van der Waals surface area contributed by atoms with E-state index in [1.165, 1.54) is 6.07 Å². The molecule has 1 spiro atoms. The zero-order chi connectivity index (χ0) is 24.8. The molecule has 33 heavy (non-hydrogen) atoms. The van der Waals surface area contributed by atoms with Crippen molar-refractivity contribution in [3.63, 3.8) is 0 Å². The molecular formula is C25H36BrF2NO3S. The van der Waals surface area contributed by atoms with E-state index in [1.54, 1.807) is 4.90 Å². The molecule has 0 bridgehead atoms. The molecule has 1 saturated carbocycles. The van der Waals surface area contributed by atoms with Crippen molar-refractivity contribution in [2.24, 2.45) is 11.3 Å². The molecule has 1 heterocycles. The first-order valence-corrected chi connectivity index (χ1v) is 13.8. The number of benzene rings is 1. The topological polar surface area (TPSA) is 46.6 Å². The minimum Gasteiger partial charge on any atom is -0.444 e. The highest BCUT2D eigenvalue weighted by molar-refractivity contribution is 9.10. The van der Waals surface area contributed by atoms with Gasteiger partial charge in [-0.3, -0.25) is 4.21 Å². The second-order valence-corrected chi connectivity index (χ2v) is 14.7.